The predicted octanol–water partition coefficient (Wildman–Crippen LogP) is 5.33. The molecular formula is C23H25N3O2. The Kier molecular flexibility index (Phi) is 5.24. The fourth-order valence-corrected chi connectivity index (χ4v) is 3.81. The SMILES string of the molecule is Cc1ccc(N(C(=O)c2oc(-c3ccccc3)nc2C)C2CCCCC2)nc1. The van der Waals surface area contributed by atoms with Gasteiger partial charge in [0.1, 0.15) is 5.82 Å². The first-order valence-electron chi connectivity index (χ1n) is 9.92. The third kappa shape index (κ3) is 3.70. The number of nitrogens with zero attached hydrogens (tertiary/aromatic N) is 3. The normalized spacial score (nSPS) is 14.8. The molecule has 0 saturated heterocycles. The molecule has 0 bridgehead atoms. The Bertz CT molecular complexity index is 942. The molecule has 144 valence electrons. The van der Waals surface area contributed by atoms with Gasteiger partial charge in [-0.3, -0.25) is 9.69 Å². The number of aromatic nitrogens is 2. The maximum atomic E-state index is 13.5. The van der Waals surface area contributed by atoms with Crippen LogP contribution in [0.3, 0.4) is 0 Å². The molecule has 2 aromatic heterocycles. The second-order valence-corrected chi connectivity index (χ2v) is 7.46. The molecule has 1 aliphatic rings. The zero-order valence-electron chi connectivity index (χ0n) is 16.4. The molecule has 1 aliphatic carbocycles. The lowest BCUT2D eigenvalue weighted by Gasteiger charge is -2.33. The lowest BCUT2D eigenvalue weighted by atomic mass is 9.94. The van der Waals surface area contributed by atoms with E-state index >= 15 is 0 Å². The van der Waals surface area contributed by atoms with Gasteiger partial charge in [-0.15, -0.1) is 0 Å². The molecule has 0 unspecified atom stereocenters. The zero-order valence-corrected chi connectivity index (χ0v) is 16.4. The van der Waals surface area contributed by atoms with Crippen LogP contribution < -0.4 is 4.90 Å². The van der Waals surface area contributed by atoms with E-state index in [4.69, 9.17) is 4.42 Å². The molecule has 0 spiro atoms. The van der Waals surface area contributed by atoms with E-state index in [0.29, 0.717) is 23.2 Å². The molecule has 1 fully saturated rings. The van der Waals surface area contributed by atoms with E-state index in [1.165, 1.54) is 6.42 Å². The Morgan fingerprint density at radius 2 is 1.79 bits per heavy atom. The Morgan fingerprint density at radius 3 is 2.46 bits per heavy atom. The second kappa shape index (κ2) is 7.97. The number of hydrogen-bond donors (Lipinski definition) is 0. The van der Waals surface area contributed by atoms with E-state index in [2.05, 4.69) is 9.97 Å². The monoisotopic (exact) mass is 375 g/mol. The van der Waals surface area contributed by atoms with Crippen molar-refractivity contribution in [3.63, 3.8) is 0 Å². The predicted molar refractivity (Wildman–Crippen MR) is 109 cm³/mol. The van der Waals surface area contributed by atoms with Gasteiger partial charge in [-0.25, -0.2) is 9.97 Å². The van der Waals surface area contributed by atoms with Crippen LogP contribution in [0.15, 0.2) is 53.1 Å². The highest BCUT2D eigenvalue weighted by Crippen LogP contribution is 2.30. The van der Waals surface area contributed by atoms with Crippen LogP contribution in [0, 0.1) is 13.8 Å². The molecule has 5 heteroatoms. The summed E-state index contributed by atoms with van der Waals surface area (Å²) in [6.07, 6.45) is 7.26. The van der Waals surface area contributed by atoms with E-state index in [9.17, 15) is 4.79 Å². The van der Waals surface area contributed by atoms with E-state index in [0.717, 1.165) is 36.8 Å². The smallest absolute Gasteiger partial charge is 0.297 e. The van der Waals surface area contributed by atoms with Crippen LogP contribution in [0.25, 0.3) is 11.5 Å². The Balaban J connectivity index is 1.71. The van der Waals surface area contributed by atoms with Crippen molar-refractivity contribution in [1.29, 1.82) is 0 Å². The largest absolute Gasteiger partial charge is 0.431 e. The van der Waals surface area contributed by atoms with Crippen molar-refractivity contribution in [2.24, 2.45) is 0 Å². The highest BCUT2D eigenvalue weighted by atomic mass is 16.4. The summed E-state index contributed by atoms with van der Waals surface area (Å²) in [5, 5.41) is 0. The van der Waals surface area contributed by atoms with Gasteiger partial charge in [0, 0.05) is 17.8 Å². The van der Waals surface area contributed by atoms with Crippen molar-refractivity contribution < 1.29 is 9.21 Å². The first-order chi connectivity index (χ1) is 13.6. The summed E-state index contributed by atoms with van der Waals surface area (Å²) in [5.74, 6) is 1.30. The molecule has 1 amide bonds. The van der Waals surface area contributed by atoms with Crippen LogP contribution in [0.5, 0.6) is 0 Å². The number of aryl methyl sites for hydroxylation is 2. The molecule has 0 atom stereocenters. The van der Waals surface area contributed by atoms with Crippen LogP contribution in [0.1, 0.15) is 53.9 Å². The van der Waals surface area contributed by atoms with Gasteiger partial charge in [-0.05, 0) is 50.5 Å². The first-order valence-corrected chi connectivity index (χ1v) is 9.92. The van der Waals surface area contributed by atoms with Gasteiger partial charge in [0.15, 0.2) is 0 Å². The molecule has 1 saturated carbocycles. The summed E-state index contributed by atoms with van der Waals surface area (Å²) in [6.45, 7) is 3.82. The maximum absolute atomic E-state index is 13.5. The quantitative estimate of drug-likeness (QED) is 0.618. The van der Waals surface area contributed by atoms with Crippen molar-refractivity contribution in [3.05, 3.63) is 65.7 Å². The average Bonchev–Trinajstić information content (AvgIpc) is 3.13. The van der Waals surface area contributed by atoms with Gasteiger partial charge < -0.3 is 4.42 Å². The first kappa shape index (κ1) is 18.4. The number of rotatable bonds is 4. The lowest BCUT2D eigenvalue weighted by Crippen LogP contribution is -2.42. The van der Waals surface area contributed by atoms with Crippen LogP contribution in [0.4, 0.5) is 5.82 Å². The van der Waals surface area contributed by atoms with Crippen LogP contribution in [-0.2, 0) is 0 Å². The fraction of sp³-hybridized carbons (Fsp3) is 0.348. The van der Waals surface area contributed by atoms with Crippen LogP contribution in [-0.4, -0.2) is 21.9 Å². The third-order valence-electron chi connectivity index (χ3n) is 5.31. The van der Waals surface area contributed by atoms with E-state index < -0.39 is 0 Å². The lowest BCUT2D eigenvalue weighted by molar-refractivity contribution is 0.0942. The van der Waals surface area contributed by atoms with Gasteiger partial charge >= 0.3 is 0 Å². The molecule has 28 heavy (non-hydrogen) atoms. The van der Waals surface area contributed by atoms with Gasteiger partial charge in [0.05, 0.1) is 5.69 Å². The Morgan fingerprint density at radius 1 is 1.04 bits per heavy atom. The summed E-state index contributed by atoms with van der Waals surface area (Å²) in [6, 6.07) is 13.7. The second-order valence-electron chi connectivity index (χ2n) is 7.46. The number of anilines is 1. The van der Waals surface area contributed by atoms with Gasteiger partial charge in [-0.2, -0.15) is 0 Å². The number of carbonyl (C=O) groups is 1. The topological polar surface area (TPSA) is 59.2 Å². The maximum Gasteiger partial charge on any atom is 0.297 e. The van der Waals surface area contributed by atoms with Crippen LogP contribution >= 0.6 is 0 Å². The van der Waals surface area contributed by atoms with Crippen molar-refractivity contribution in [2.45, 2.75) is 52.0 Å². The summed E-state index contributed by atoms with van der Waals surface area (Å²) in [5.41, 5.74) is 2.54. The molecule has 1 aromatic carbocycles. The molecular weight excluding hydrogens is 350 g/mol. The van der Waals surface area contributed by atoms with Crippen molar-refractivity contribution in [1.82, 2.24) is 9.97 Å². The van der Waals surface area contributed by atoms with E-state index in [1.54, 1.807) is 6.20 Å². The average molecular weight is 375 g/mol. The molecule has 3 aromatic rings. The van der Waals surface area contributed by atoms with E-state index in [-0.39, 0.29) is 11.9 Å². The fourth-order valence-electron chi connectivity index (χ4n) is 3.81. The van der Waals surface area contributed by atoms with Crippen molar-refractivity contribution >= 4 is 11.7 Å². The summed E-state index contributed by atoms with van der Waals surface area (Å²) >= 11 is 0. The van der Waals surface area contributed by atoms with Crippen LogP contribution in [0.2, 0.25) is 0 Å². The molecule has 0 radical (unpaired) electrons. The summed E-state index contributed by atoms with van der Waals surface area (Å²) in [4.78, 5) is 24.4. The minimum absolute atomic E-state index is 0.140. The molecule has 2 heterocycles. The summed E-state index contributed by atoms with van der Waals surface area (Å²) in [7, 11) is 0. The number of benzene rings is 1. The number of oxazole rings is 1. The third-order valence-corrected chi connectivity index (χ3v) is 5.31. The number of hydrogen-bond acceptors (Lipinski definition) is 4. The minimum atomic E-state index is -0.157. The zero-order chi connectivity index (χ0) is 19.5. The summed E-state index contributed by atoms with van der Waals surface area (Å²) < 4.78 is 5.95. The van der Waals surface area contributed by atoms with Gasteiger partial charge in [0.25, 0.3) is 5.91 Å². The number of pyridine rings is 1. The molecule has 0 aliphatic heterocycles. The van der Waals surface area contributed by atoms with Crippen molar-refractivity contribution in [2.75, 3.05) is 4.90 Å². The van der Waals surface area contributed by atoms with E-state index in [1.807, 2.05) is 61.2 Å². The highest BCUT2D eigenvalue weighted by Gasteiger charge is 2.32. The van der Waals surface area contributed by atoms with Gasteiger partial charge in [-0.1, -0.05) is 43.5 Å². The molecule has 4 rings (SSSR count). The molecule has 5 nitrogen and oxygen atoms in total. The van der Waals surface area contributed by atoms with Crippen molar-refractivity contribution in [3.8, 4) is 11.5 Å². The molecule has 0 N–H and O–H groups in total. The Hall–Kier alpha value is -2.95. The standard InChI is InChI=1S/C23H25N3O2/c1-16-13-14-20(24-15-16)26(19-11-7-4-8-12-19)23(27)21-17(2)25-22(28-21)18-9-5-3-6-10-18/h3,5-6,9-10,13-15,19H,4,7-8,11-12H2,1-2H3. The highest BCUT2D eigenvalue weighted by molar-refractivity contribution is 6.05. The number of amides is 1. The number of carbonyl (C=O) groups excluding carboxylic acids is 1. The Labute approximate surface area is 165 Å². The minimum Gasteiger partial charge on any atom is -0.431 e. The van der Waals surface area contributed by atoms with Gasteiger partial charge in [0.2, 0.25) is 11.7 Å².